The average molecular weight is 308 g/mol. The van der Waals surface area contributed by atoms with E-state index >= 15 is 0 Å². The van der Waals surface area contributed by atoms with Gasteiger partial charge in [-0.2, -0.15) is 0 Å². The Bertz CT molecular complexity index is 480. The number of piperidine rings is 1. The maximum atomic E-state index is 12.4. The van der Waals surface area contributed by atoms with Crippen LogP contribution in [0.3, 0.4) is 0 Å². The molecule has 2 saturated heterocycles. The van der Waals surface area contributed by atoms with Crippen LogP contribution in [0, 0.1) is 11.3 Å². The van der Waals surface area contributed by atoms with E-state index in [2.05, 4.69) is 11.9 Å². The molecule has 2 aliphatic rings. The summed E-state index contributed by atoms with van der Waals surface area (Å²) in [6.45, 7) is 4.85. The van der Waals surface area contributed by atoms with Crippen LogP contribution in [0.1, 0.15) is 22.5 Å². The van der Waals surface area contributed by atoms with E-state index in [1.165, 1.54) is 11.3 Å². The number of ether oxygens (including phenoxy) is 1. The molecule has 2 aliphatic heterocycles. The maximum Gasteiger partial charge on any atom is 0.263 e. The Labute approximate surface area is 130 Å². The zero-order valence-electron chi connectivity index (χ0n) is 12.9. The highest BCUT2D eigenvalue weighted by atomic mass is 32.1. The number of amides is 1. The van der Waals surface area contributed by atoms with Gasteiger partial charge in [-0.25, -0.2) is 0 Å². The molecule has 116 valence electrons. The normalized spacial score (nSPS) is 25.6. The van der Waals surface area contributed by atoms with Gasteiger partial charge >= 0.3 is 0 Å². The number of hydrogen-bond acceptors (Lipinski definition) is 4. The molecule has 1 aromatic heterocycles. The molecule has 0 saturated carbocycles. The van der Waals surface area contributed by atoms with Crippen LogP contribution in [0.25, 0.3) is 0 Å². The molecule has 5 heteroatoms. The zero-order valence-corrected chi connectivity index (χ0v) is 13.7. The van der Waals surface area contributed by atoms with Gasteiger partial charge in [0, 0.05) is 39.2 Å². The number of thiophene rings is 1. The van der Waals surface area contributed by atoms with Crippen molar-refractivity contribution >= 4 is 17.2 Å². The lowest BCUT2D eigenvalue weighted by molar-refractivity contribution is 0.0327. The van der Waals surface area contributed by atoms with Gasteiger partial charge in [0.1, 0.15) is 0 Å². The highest BCUT2D eigenvalue weighted by Gasteiger charge is 2.47. The Morgan fingerprint density at radius 3 is 2.86 bits per heavy atom. The third kappa shape index (κ3) is 2.87. The lowest BCUT2D eigenvalue weighted by Gasteiger charge is -2.42. The van der Waals surface area contributed by atoms with Crippen LogP contribution in [-0.4, -0.2) is 62.7 Å². The maximum absolute atomic E-state index is 12.4. The fourth-order valence-electron chi connectivity index (χ4n) is 4.01. The first kappa shape index (κ1) is 15.0. The number of methoxy groups -OCH3 is 1. The second-order valence-electron chi connectivity index (χ2n) is 6.48. The number of hydrogen-bond donors (Lipinski definition) is 0. The van der Waals surface area contributed by atoms with E-state index < -0.39 is 0 Å². The van der Waals surface area contributed by atoms with Crippen molar-refractivity contribution in [2.45, 2.75) is 12.8 Å². The molecule has 1 atom stereocenters. The molecule has 0 aliphatic carbocycles. The molecule has 1 aromatic rings. The van der Waals surface area contributed by atoms with Gasteiger partial charge in [-0.05, 0) is 36.8 Å². The third-order valence-electron chi connectivity index (χ3n) is 5.13. The minimum atomic E-state index is 0.203. The Balaban J connectivity index is 1.65. The van der Waals surface area contributed by atoms with E-state index in [9.17, 15) is 4.79 Å². The molecule has 3 heterocycles. The van der Waals surface area contributed by atoms with E-state index in [-0.39, 0.29) is 5.91 Å². The summed E-state index contributed by atoms with van der Waals surface area (Å²) in [5.74, 6) is 0.806. The van der Waals surface area contributed by atoms with E-state index in [1.54, 1.807) is 7.11 Å². The third-order valence-corrected chi connectivity index (χ3v) is 5.99. The highest BCUT2D eigenvalue weighted by Crippen LogP contribution is 2.44. The standard InChI is InChI=1S/C16H24N2O2S/c1-17-10-13(11-20-2)16(12-17)5-7-18(8-6-16)15(19)14-4-3-9-21-14/h3-4,9,13H,5-8,10-12H2,1-2H3. The number of likely N-dealkylation sites (tertiary alicyclic amines) is 2. The molecule has 0 N–H and O–H groups in total. The number of carbonyl (C=O) groups is 1. The fourth-order valence-corrected chi connectivity index (χ4v) is 4.70. The molecule has 21 heavy (non-hydrogen) atoms. The Morgan fingerprint density at radius 2 is 2.24 bits per heavy atom. The second-order valence-corrected chi connectivity index (χ2v) is 7.43. The number of nitrogens with zero attached hydrogens (tertiary/aromatic N) is 2. The van der Waals surface area contributed by atoms with Gasteiger partial charge < -0.3 is 14.5 Å². The van der Waals surface area contributed by atoms with Crippen molar-refractivity contribution in [3.63, 3.8) is 0 Å². The second kappa shape index (κ2) is 6.07. The summed E-state index contributed by atoms with van der Waals surface area (Å²) < 4.78 is 5.43. The Hall–Kier alpha value is -0.910. The lowest BCUT2D eigenvalue weighted by Crippen LogP contribution is -2.47. The molecule has 1 unspecified atom stereocenters. The van der Waals surface area contributed by atoms with Gasteiger partial charge in [0.2, 0.25) is 0 Å². The summed E-state index contributed by atoms with van der Waals surface area (Å²) in [4.78, 5) is 17.7. The summed E-state index contributed by atoms with van der Waals surface area (Å²) in [5, 5.41) is 1.97. The first-order chi connectivity index (χ1) is 10.1. The fraction of sp³-hybridized carbons (Fsp3) is 0.688. The molecule has 3 rings (SSSR count). The summed E-state index contributed by atoms with van der Waals surface area (Å²) in [6, 6.07) is 3.87. The van der Waals surface area contributed by atoms with Gasteiger partial charge in [-0.1, -0.05) is 6.07 Å². The van der Waals surface area contributed by atoms with Crippen molar-refractivity contribution in [2.24, 2.45) is 11.3 Å². The molecule has 0 radical (unpaired) electrons. The number of carbonyl (C=O) groups excluding carboxylic acids is 1. The van der Waals surface area contributed by atoms with Crippen LogP contribution >= 0.6 is 11.3 Å². The van der Waals surface area contributed by atoms with Crippen molar-refractivity contribution in [1.29, 1.82) is 0 Å². The Morgan fingerprint density at radius 1 is 1.48 bits per heavy atom. The van der Waals surface area contributed by atoms with Gasteiger partial charge in [0.05, 0.1) is 11.5 Å². The minimum Gasteiger partial charge on any atom is -0.384 e. The first-order valence-electron chi connectivity index (χ1n) is 7.65. The molecular weight excluding hydrogens is 284 g/mol. The summed E-state index contributed by atoms with van der Waals surface area (Å²) in [7, 11) is 3.99. The van der Waals surface area contributed by atoms with Crippen LogP contribution in [0.15, 0.2) is 17.5 Å². The molecule has 0 bridgehead atoms. The van der Waals surface area contributed by atoms with Crippen LogP contribution in [0.5, 0.6) is 0 Å². The molecule has 1 amide bonds. The van der Waals surface area contributed by atoms with Crippen molar-refractivity contribution < 1.29 is 9.53 Å². The molecular formula is C16H24N2O2S. The topological polar surface area (TPSA) is 32.8 Å². The zero-order chi connectivity index (χ0) is 14.9. The van der Waals surface area contributed by atoms with E-state index in [0.717, 1.165) is 50.5 Å². The molecule has 4 nitrogen and oxygen atoms in total. The van der Waals surface area contributed by atoms with Gasteiger partial charge in [0.15, 0.2) is 0 Å². The summed E-state index contributed by atoms with van der Waals surface area (Å²) >= 11 is 1.54. The van der Waals surface area contributed by atoms with Crippen molar-refractivity contribution in [3.8, 4) is 0 Å². The average Bonchev–Trinajstić information content (AvgIpc) is 3.09. The number of rotatable bonds is 3. The smallest absolute Gasteiger partial charge is 0.263 e. The van der Waals surface area contributed by atoms with Crippen molar-refractivity contribution in [2.75, 3.05) is 46.9 Å². The molecule has 0 aromatic carbocycles. The van der Waals surface area contributed by atoms with Gasteiger partial charge in [-0.15, -0.1) is 11.3 Å². The quantitative estimate of drug-likeness (QED) is 0.858. The SMILES string of the molecule is COCC1CN(C)CC12CCN(C(=O)c1cccs1)CC2. The largest absolute Gasteiger partial charge is 0.384 e. The van der Waals surface area contributed by atoms with Crippen LogP contribution in [-0.2, 0) is 4.74 Å². The highest BCUT2D eigenvalue weighted by molar-refractivity contribution is 7.12. The van der Waals surface area contributed by atoms with Crippen LogP contribution in [0.2, 0.25) is 0 Å². The van der Waals surface area contributed by atoms with Gasteiger partial charge in [0.25, 0.3) is 5.91 Å². The van der Waals surface area contributed by atoms with Gasteiger partial charge in [-0.3, -0.25) is 4.79 Å². The predicted octanol–water partition coefficient (Wildman–Crippen LogP) is 2.18. The van der Waals surface area contributed by atoms with Crippen LogP contribution in [0.4, 0.5) is 0 Å². The summed E-state index contributed by atoms with van der Waals surface area (Å²) in [5.41, 5.74) is 0.344. The van der Waals surface area contributed by atoms with E-state index in [1.807, 2.05) is 22.4 Å². The van der Waals surface area contributed by atoms with Crippen molar-refractivity contribution in [1.82, 2.24) is 9.80 Å². The van der Waals surface area contributed by atoms with E-state index in [0.29, 0.717) is 11.3 Å². The molecule has 2 fully saturated rings. The monoisotopic (exact) mass is 308 g/mol. The van der Waals surface area contributed by atoms with Crippen molar-refractivity contribution in [3.05, 3.63) is 22.4 Å². The molecule has 1 spiro atoms. The van der Waals surface area contributed by atoms with Crippen LogP contribution < -0.4 is 0 Å². The first-order valence-corrected chi connectivity index (χ1v) is 8.53. The summed E-state index contributed by atoms with van der Waals surface area (Å²) in [6.07, 6.45) is 2.20. The Kier molecular flexibility index (Phi) is 4.33. The van der Waals surface area contributed by atoms with E-state index in [4.69, 9.17) is 4.74 Å². The minimum absolute atomic E-state index is 0.203. The predicted molar refractivity (Wildman–Crippen MR) is 84.8 cm³/mol. The lowest BCUT2D eigenvalue weighted by atomic mass is 9.71.